The summed E-state index contributed by atoms with van der Waals surface area (Å²) in [7, 11) is 0. The second kappa shape index (κ2) is 5.48. The van der Waals surface area contributed by atoms with Crippen LogP contribution in [-0.2, 0) is 0 Å². The van der Waals surface area contributed by atoms with E-state index in [2.05, 4.69) is 29.0 Å². The lowest BCUT2D eigenvalue weighted by molar-refractivity contribution is 0.00990. The van der Waals surface area contributed by atoms with Crippen molar-refractivity contribution in [2.45, 2.75) is 57.7 Å². The van der Waals surface area contributed by atoms with E-state index in [1.807, 2.05) is 0 Å². The number of hydrogen-bond donors (Lipinski definition) is 1. The van der Waals surface area contributed by atoms with E-state index in [1.54, 1.807) is 0 Å². The van der Waals surface area contributed by atoms with Gasteiger partial charge < -0.3 is 5.32 Å². The molecule has 0 aromatic rings. The van der Waals surface area contributed by atoms with Crippen molar-refractivity contribution in [3.05, 3.63) is 0 Å². The molecular formula is C15H29N3. The van der Waals surface area contributed by atoms with Crippen LogP contribution < -0.4 is 5.32 Å². The van der Waals surface area contributed by atoms with Gasteiger partial charge in [-0.2, -0.15) is 0 Å². The van der Waals surface area contributed by atoms with Crippen LogP contribution in [0.4, 0.5) is 0 Å². The van der Waals surface area contributed by atoms with Crippen molar-refractivity contribution in [1.29, 1.82) is 0 Å². The fraction of sp³-hybridized carbons (Fsp3) is 1.00. The Morgan fingerprint density at radius 2 is 2.00 bits per heavy atom. The molecule has 4 unspecified atom stereocenters. The van der Waals surface area contributed by atoms with Crippen LogP contribution in [-0.4, -0.2) is 60.6 Å². The predicted octanol–water partition coefficient (Wildman–Crippen LogP) is 1.54. The van der Waals surface area contributed by atoms with Gasteiger partial charge in [0.15, 0.2) is 0 Å². The zero-order valence-corrected chi connectivity index (χ0v) is 12.1. The summed E-state index contributed by atoms with van der Waals surface area (Å²) in [4.78, 5) is 5.50. The fourth-order valence-electron chi connectivity index (χ4n) is 4.06. The third-order valence-electron chi connectivity index (χ3n) is 5.44. The number of piperazine rings is 1. The minimum absolute atomic E-state index is 0.739. The summed E-state index contributed by atoms with van der Waals surface area (Å²) in [6.07, 6.45) is 5.66. The maximum atomic E-state index is 3.69. The highest BCUT2D eigenvalue weighted by atomic mass is 15.3. The minimum atomic E-state index is 0.739. The Morgan fingerprint density at radius 1 is 1.11 bits per heavy atom. The van der Waals surface area contributed by atoms with Crippen molar-refractivity contribution in [2.75, 3.05) is 32.7 Å². The van der Waals surface area contributed by atoms with Crippen LogP contribution in [0.25, 0.3) is 0 Å². The van der Waals surface area contributed by atoms with E-state index in [9.17, 15) is 0 Å². The topological polar surface area (TPSA) is 18.5 Å². The highest BCUT2D eigenvalue weighted by Crippen LogP contribution is 2.25. The Labute approximate surface area is 112 Å². The van der Waals surface area contributed by atoms with Gasteiger partial charge in [0.05, 0.1) is 0 Å². The van der Waals surface area contributed by atoms with Crippen LogP contribution in [0, 0.1) is 5.92 Å². The number of hydrogen-bond acceptors (Lipinski definition) is 3. The molecule has 1 N–H and O–H groups in total. The fourth-order valence-corrected chi connectivity index (χ4v) is 4.06. The van der Waals surface area contributed by atoms with Gasteiger partial charge in [0.2, 0.25) is 0 Å². The molecule has 0 aliphatic carbocycles. The molecule has 0 bridgehead atoms. The summed E-state index contributed by atoms with van der Waals surface area (Å²) < 4.78 is 0. The van der Waals surface area contributed by atoms with Crippen molar-refractivity contribution < 1.29 is 0 Å². The molecule has 18 heavy (non-hydrogen) atoms. The van der Waals surface area contributed by atoms with Crippen LogP contribution in [0.5, 0.6) is 0 Å². The minimum Gasteiger partial charge on any atom is -0.312 e. The Bertz CT molecular complexity index is 281. The molecule has 0 amide bonds. The molecule has 0 aromatic carbocycles. The van der Waals surface area contributed by atoms with Crippen LogP contribution in [0.1, 0.15) is 39.5 Å². The monoisotopic (exact) mass is 251 g/mol. The van der Waals surface area contributed by atoms with Crippen molar-refractivity contribution in [2.24, 2.45) is 5.92 Å². The molecular weight excluding hydrogens is 222 g/mol. The third-order valence-corrected chi connectivity index (χ3v) is 5.44. The average Bonchev–Trinajstić information content (AvgIpc) is 2.76. The van der Waals surface area contributed by atoms with E-state index >= 15 is 0 Å². The molecule has 0 aromatic heterocycles. The van der Waals surface area contributed by atoms with Crippen molar-refractivity contribution in [3.63, 3.8) is 0 Å². The van der Waals surface area contributed by atoms with E-state index in [0.29, 0.717) is 0 Å². The molecule has 0 saturated carbocycles. The molecule has 4 atom stereocenters. The number of fused-ring (bicyclic) bond motifs is 1. The first-order valence-corrected chi connectivity index (χ1v) is 7.95. The Kier molecular flexibility index (Phi) is 3.92. The second-order valence-electron chi connectivity index (χ2n) is 6.77. The summed E-state index contributed by atoms with van der Waals surface area (Å²) >= 11 is 0. The Balaban J connectivity index is 1.58. The zero-order chi connectivity index (χ0) is 12.5. The predicted molar refractivity (Wildman–Crippen MR) is 75.8 cm³/mol. The number of rotatable bonds is 2. The lowest BCUT2D eigenvalue weighted by atomic mass is 9.95. The normalized spacial score (nSPS) is 43.0. The third kappa shape index (κ3) is 2.59. The van der Waals surface area contributed by atoms with Gasteiger partial charge in [-0.05, 0) is 45.2 Å². The van der Waals surface area contributed by atoms with Crippen LogP contribution >= 0.6 is 0 Å². The Hall–Kier alpha value is -0.120. The summed E-state index contributed by atoms with van der Waals surface area (Å²) in [5, 5.41) is 3.69. The van der Waals surface area contributed by atoms with Crippen LogP contribution in [0.2, 0.25) is 0 Å². The van der Waals surface area contributed by atoms with Gasteiger partial charge in [-0.15, -0.1) is 0 Å². The van der Waals surface area contributed by atoms with Gasteiger partial charge in [-0.3, -0.25) is 9.80 Å². The van der Waals surface area contributed by atoms with Crippen molar-refractivity contribution >= 4 is 0 Å². The van der Waals surface area contributed by atoms with Gasteiger partial charge in [-0.1, -0.05) is 13.3 Å². The average molecular weight is 251 g/mol. The molecule has 3 nitrogen and oxygen atoms in total. The second-order valence-corrected chi connectivity index (χ2v) is 6.77. The molecule has 3 aliphatic rings. The van der Waals surface area contributed by atoms with E-state index in [0.717, 1.165) is 24.0 Å². The van der Waals surface area contributed by atoms with Gasteiger partial charge in [0.1, 0.15) is 0 Å². The van der Waals surface area contributed by atoms with E-state index in [-0.39, 0.29) is 0 Å². The van der Waals surface area contributed by atoms with E-state index in [1.165, 1.54) is 58.4 Å². The largest absolute Gasteiger partial charge is 0.312 e. The number of nitrogens with zero attached hydrogens (tertiary/aromatic N) is 2. The first-order valence-electron chi connectivity index (χ1n) is 7.95. The summed E-state index contributed by atoms with van der Waals surface area (Å²) in [5.41, 5.74) is 0. The summed E-state index contributed by atoms with van der Waals surface area (Å²) in [6, 6.07) is 2.34. The maximum Gasteiger partial charge on any atom is 0.0223 e. The van der Waals surface area contributed by atoms with Crippen LogP contribution in [0.3, 0.4) is 0 Å². The molecule has 0 radical (unpaired) electrons. The molecule has 3 rings (SSSR count). The highest BCUT2D eigenvalue weighted by Gasteiger charge is 2.35. The van der Waals surface area contributed by atoms with Gasteiger partial charge >= 0.3 is 0 Å². The Morgan fingerprint density at radius 3 is 2.78 bits per heavy atom. The van der Waals surface area contributed by atoms with E-state index in [4.69, 9.17) is 0 Å². The number of piperidine rings is 1. The van der Waals surface area contributed by atoms with Crippen LogP contribution in [0.15, 0.2) is 0 Å². The summed E-state index contributed by atoms with van der Waals surface area (Å²) in [6.45, 7) is 11.3. The van der Waals surface area contributed by atoms with Crippen molar-refractivity contribution in [1.82, 2.24) is 15.1 Å². The summed E-state index contributed by atoms with van der Waals surface area (Å²) in [5.74, 6) is 0.863. The zero-order valence-electron chi connectivity index (χ0n) is 12.1. The lowest BCUT2D eigenvalue weighted by Crippen LogP contribution is -2.60. The van der Waals surface area contributed by atoms with Gasteiger partial charge in [0.25, 0.3) is 0 Å². The molecule has 0 spiro atoms. The van der Waals surface area contributed by atoms with Gasteiger partial charge in [0, 0.05) is 37.8 Å². The maximum absolute atomic E-state index is 3.69. The van der Waals surface area contributed by atoms with Crippen molar-refractivity contribution in [3.8, 4) is 0 Å². The molecule has 104 valence electrons. The SMILES string of the molecule is CC1CCNC1CN1CC2CCCCN2CC1C. The highest BCUT2D eigenvalue weighted by molar-refractivity contribution is 4.92. The molecule has 3 heterocycles. The molecule has 3 aliphatic heterocycles. The standard InChI is InChI=1S/C15H29N3/c1-12-6-7-16-15(12)11-18-10-14-5-3-4-8-17(14)9-13(18)2/h12-16H,3-11H2,1-2H3. The van der Waals surface area contributed by atoms with Gasteiger partial charge in [-0.25, -0.2) is 0 Å². The first-order chi connectivity index (χ1) is 8.74. The smallest absolute Gasteiger partial charge is 0.0223 e. The lowest BCUT2D eigenvalue weighted by Gasteiger charge is -2.48. The molecule has 3 fully saturated rings. The quantitative estimate of drug-likeness (QED) is 0.803. The molecule has 3 saturated heterocycles. The van der Waals surface area contributed by atoms with E-state index < -0.39 is 0 Å². The number of nitrogens with one attached hydrogen (secondary N) is 1. The first kappa shape index (κ1) is 12.9. The molecule has 3 heteroatoms.